The van der Waals surface area contributed by atoms with Crippen molar-refractivity contribution in [2.45, 2.75) is 174 Å². The first-order chi connectivity index (χ1) is 20.5. The van der Waals surface area contributed by atoms with E-state index in [2.05, 4.69) is 19.1 Å². The number of ketones is 1. The van der Waals surface area contributed by atoms with Crippen LogP contribution in [0.5, 0.6) is 0 Å². The topological polar surface area (TPSA) is 80.3 Å². The van der Waals surface area contributed by atoms with Gasteiger partial charge in [-0.3, -0.25) is 9.59 Å². The fourth-order valence-corrected chi connectivity index (χ4v) is 6.63. The molecule has 0 spiro atoms. The molecular formula is C35H60O7. The van der Waals surface area contributed by atoms with Gasteiger partial charge in [-0.1, -0.05) is 44.8 Å². The first kappa shape index (κ1) is 35.2. The normalized spacial score (nSPS) is 28.5. The molecule has 7 nitrogen and oxygen atoms in total. The molecule has 0 aromatic heterocycles. The van der Waals surface area contributed by atoms with Gasteiger partial charge in [-0.25, -0.2) is 0 Å². The zero-order valence-electron chi connectivity index (χ0n) is 26.9. The maximum atomic E-state index is 12.9. The van der Waals surface area contributed by atoms with E-state index in [1.165, 1.54) is 19.3 Å². The summed E-state index contributed by atoms with van der Waals surface area (Å²) in [5.41, 5.74) is 0. The Morgan fingerprint density at radius 1 is 0.786 bits per heavy atom. The molecule has 0 amide bonds. The van der Waals surface area contributed by atoms with Crippen LogP contribution < -0.4 is 0 Å². The number of carbonyl (C=O) groups is 2. The predicted molar refractivity (Wildman–Crippen MR) is 165 cm³/mol. The van der Waals surface area contributed by atoms with Crippen LogP contribution >= 0.6 is 0 Å². The largest absolute Gasteiger partial charge is 0.463 e. The molecule has 0 aromatic carbocycles. The van der Waals surface area contributed by atoms with Crippen LogP contribution in [-0.2, 0) is 33.3 Å². The van der Waals surface area contributed by atoms with E-state index in [0.29, 0.717) is 25.0 Å². The van der Waals surface area contributed by atoms with Crippen LogP contribution in [0.2, 0.25) is 0 Å². The number of rotatable bonds is 20. The van der Waals surface area contributed by atoms with Gasteiger partial charge in [0, 0.05) is 38.9 Å². The third-order valence-electron chi connectivity index (χ3n) is 8.91. The molecule has 3 rings (SSSR count). The molecule has 2 aliphatic heterocycles. The van der Waals surface area contributed by atoms with Gasteiger partial charge in [0.05, 0.1) is 18.3 Å². The second-order valence-electron chi connectivity index (χ2n) is 12.9. The zero-order valence-corrected chi connectivity index (χ0v) is 26.9. The van der Waals surface area contributed by atoms with Crippen LogP contribution in [0.15, 0.2) is 12.2 Å². The number of ether oxygens (including phenoxy) is 5. The lowest BCUT2D eigenvalue weighted by Crippen LogP contribution is -2.32. The summed E-state index contributed by atoms with van der Waals surface area (Å²) in [5.74, 6) is 0.735. The van der Waals surface area contributed by atoms with E-state index in [9.17, 15) is 9.59 Å². The van der Waals surface area contributed by atoms with E-state index < -0.39 is 0 Å². The van der Waals surface area contributed by atoms with Gasteiger partial charge in [-0.2, -0.15) is 0 Å². The lowest BCUT2D eigenvalue weighted by atomic mass is 9.85. The highest BCUT2D eigenvalue weighted by Crippen LogP contribution is 2.43. The van der Waals surface area contributed by atoms with Crippen molar-refractivity contribution < 1.29 is 33.3 Å². The molecule has 3 fully saturated rings. The Kier molecular flexibility index (Phi) is 17.3. The van der Waals surface area contributed by atoms with Gasteiger partial charge in [0.2, 0.25) is 0 Å². The minimum absolute atomic E-state index is 0.0169. The number of hydrogen-bond donors (Lipinski definition) is 0. The van der Waals surface area contributed by atoms with Crippen molar-refractivity contribution in [1.29, 1.82) is 0 Å². The van der Waals surface area contributed by atoms with Crippen LogP contribution in [0.3, 0.4) is 0 Å². The Balaban J connectivity index is 1.62. The third-order valence-corrected chi connectivity index (χ3v) is 8.91. The zero-order chi connectivity index (χ0) is 30.0. The summed E-state index contributed by atoms with van der Waals surface area (Å²) in [7, 11) is 0. The number of carbonyl (C=O) groups excluding carboxylic acids is 2. The minimum Gasteiger partial charge on any atom is -0.463 e. The molecule has 1 saturated carbocycles. The van der Waals surface area contributed by atoms with E-state index in [-0.39, 0.29) is 48.7 Å². The highest BCUT2D eigenvalue weighted by Gasteiger charge is 2.46. The Morgan fingerprint density at radius 3 is 2.07 bits per heavy atom. The van der Waals surface area contributed by atoms with E-state index in [1.54, 1.807) is 0 Å². The van der Waals surface area contributed by atoms with Crippen molar-refractivity contribution in [3.8, 4) is 0 Å². The van der Waals surface area contributed by atoms with Crippen molar-refractivity contribution in [1.82, 2.24) is 0 Å². The second kappa shape index (κ2) is 20.6. The summed E-state index contributed by atoms with van der Waals surface area (Å²) < 4.78 is 30.5. The lowest BCUT2D eigenvalue weighted by Gasteiger charge is -2.31. The number of esters is 1. The Morgan fingerprint density at radius 2 is 1.45 bits per heavy atom. The SMILES string of the molecule is CCCCCCCC(=O)CC[C@@H]1[C@@H](C/C=C\CCCC(=O)OC(C)C)[C@@H](OC2CCCCO2)C[C@H]1OC1CCCCO1. The first-order valence-corrected chi connectivity index (χ1v) is 17.4. The summed E-state index contributed by atoms with van der Waals surface area (Å²) in [4.78, 5) is 24.8. The molecule has 0 aromatic rings. The fourth-order valence-electron chi connectivity index (χ4n) is 6.63. The first-order valence-electron chi connectivity index (χ1n) is 17.4. The Labute approximate surface area is 255 Å². The van der Waals surface area contributed by atoms with Gasteiger partial charge in [0.15, 0.2) is 12.6 Å². The quantitative estimate of drug-likeness (QED) is 0.0800. The number of allylic oxidation sites excluding steroid dienone is 2. The van der Waals surface area contributed by atoms with E-state index in [1.807, 2.05) is 13.8 Å². The van der Waals surface area contributed by atoms with Gasteiger partial charge in [0.1, 0.15) is 5.78 Å². The van der Waals surface area contributed by atoms with Gasteiger partial charge >= 0.3 is 5.97 Å². The molecular weight excluding hydrogens is 532 g/mol. The highest BCUT2D eigenvalue weighted by molar-refractivity contribution is 5.78. The van der Waals surface area contributed by atoms with Crippen molar-refractivity contribution in [3.63, 3.8) is 0 Å². The molecule has 7 heteroatoms. The highest BCUT2D eigenvalue weighted by atomic mass is 16.7. The number of unbranched alkanes of at least 4 members (excludes halogenated alkanes) is 5. The molecule has 42 heavy (non-hydrogen) atoms. The standard InChI is InChI=1S/C35H60O7/c1-4-5-6-7-10-17-28(36)22-23-30-29(18-11-8-9-12-19-33(37)40-27(2)3)31(41-34-20-13-15-24-38-34)26-32(30)42-35-21-14-16-25-39-35/h8,11,27,29-32,34-35H,4-7,9-10,12-26H2,1-3H3/b11-8-/t29-,30-,31+,32-,34?,35?/m1/s1. The van der Waals surface area contributed by atoms with Crippen LogP contribution in [-0.4, -0.2) is 55.9 Å². The average Bonchev–Trinajstić information content (AvgIpc) is 3.29. The fraction of sp³-hybridized carbons (Fsp3) is 0.886. The summed E-state index contributed by atoms with van der Waals surface area (Å²) >= 11 is 0. The molecule has 2 unspecified atom stereocenters. The lowest BCUT2D eigenvalue weighted by molar-refractivity contribution is -0.204. The summed E-state index contributed by atoms with van der Waals surface area (Å²) in [5, 5.41) is 0. The maximum Gasteiger partial charge on any atom is 0.306 e. The predicted octanol–water partition coefficient (Wildman–Crippen LogP) is 8.22. The van der Waals surface area contributed by atoms with Gasteiger partial charge in [-0.15, -0.1) is 0 Å². The summed E-state index contributed by atoms with van der Waals surface area (Å²) in [6, 6.07) is 0. The third kappa shape index (κ3) is 13.6. The van der Waals surface area contributed by atoms with Gasteiger partial charge in [0.25, 0.3) is 0 Å². The molecule has 242 valence electrons. The Hall–Kier alpha value is -1.28. The second-order valence-corrected chi connectivity index (χ2v) is 12.9. The van der Waals surface area contributed by atoms with E-state index in [4.69, 9.17) is 23.7 Å². The van der Waals surface area contributed by atoms with E-state index in [0.717, 1.165) is 96.7 Å². The van der Waals surface area contributed by atoms with Gasteiger partial charge < -0.3 is 23.7 Å². The van der Waals surface area contributed by atoms with Crippen LogP contribution in [0, 0.1) is 11.8 Å². The number of hydrogen-bond acceptors (Lipinski definition) is 7. The van der Waals surface area contributed by atoms with E-state index >= 15 is 0 Å². The number of Topliss-reactive ketones (excluding diaryl/α,β-unsaturated/α-hetero) is 1. The van der Waals surface area contributed by atoms with Crippen LogP contribution in [0.1, 0.15) is 143 Å². The summed E-state index contributed by atoms with van der Waals surface area (Å²) in [6.45, 7) is 7.49. The smallest absolute Gasteiger partial charge is 0.306 e. The molecule has 3 aliphatic rings. The van der Waals surface area contributed by atoms with Crippen molar-refractivity contribution in [2.24, 2.45) is 11.8 Å². The van der Waals surface area contributed by atoms with Gasteiger partial charge in [-0.05, 0) is 96.3 Å². The molecule has 2 saturated heterocycles. The maximum absolute atomic E-state index is 12.9. The molecule has 2 heterocycles. The van der Waals surface area contributed by atoms with Crippen molar-refractivity contribution in [2.75, 3.05) is 13.2 Å². The van der Waals surface area contributed by atoms with Crippen molar-refractivity contribution >= 4 is 11.8 Å². The van der Waals surface area contributed by atoms with Crippen LogP contribution in [0.25, 0.3) is 0 Å². The monoisotopic (exact) mass is 592 g/mol. The molecule has 1 aliphatic carbocycles. The molecule has 0 bridgehead atoms. The molecule has 6 atom stereocenters. The van der Waals surface area contributed by atoms with Crippen LogP contribution in [0.4, 0.5) is 0 Å². The van der Waals surface area contributed by atoms with Crippen molar-refractivity contribution in [3.05, 3.63) is 12.2 Å². The average molecular weight is 593 g/mol. The molecule has 0 N–H and O–H groups in total. The summed E-state index contributed by atoms with van der Waals surface area (Å²) in [6.07, 6.45) is 22.1. The molecule has 0 radical (unpaired) electrons. The minimum atomic E-state index is -0.160. The Bertz CT molecular complexity index is 769.